The van der Waals surface area contributed by atoms with Gasteiger partial charge in [0, 0.05) is 0 Å². The van der Waals surface area contributed by atoms with Crippen molar-refractivity contribution < 1.29 is 34.8 Å². The Labute approximate surface area is 206 Å². The monoisotopic (exact) mass is 486 g/mol. The molecule has 200 valence electrons. The maximum atomic E-state index is 12.9. The topological polar surface area (TPSA) is 132 Å². The lowest BCUT2D eigenvalue weighted by Crippen LogP contribution is -2.64. The second kappa shape index (κ2) is 15.4. The molecule has 0 aliphatic carbocycles. The number of aliphatic carboxylic acids is 3. The Bertz CT molecular complexity index is 604. The molecule has 7 nitrogen and oxygen atoms in total. The Hall–Kier alpha value is -1.63. The van der Waals surface area contributed by atoms with Crippen LogP contribution in [0.3, 0.4) is 0 Å². The van der Waals surface area contributed by atoms with Gasteiger partial charge in [0.05, 0.1) is 5.92 Å². The summed E-state index contributed by atoms with van der Waals surface area (Å²) in [4.78, 5) is 38.0. The molecule has 2 unspecified atom stereocenters. The van der Waals surface area contributed by atoms with Gasteiger partial charge in [-0.05, 0) is 56.3 Å². The van der Waals surface area contributed by atoms with E-state index in [4.69, 9.17) is 0 Å². The summed E-state index contributed by atoms with van der Waals surface area (Å²) >= 11 is 0. The van der Waals surface area contributed by atoms with Crippen molar-refractivity contribution in [1.29, 1.82) is 0 Å². The number of carboxylic acid groups (broad SMARTS) is 3. The van der Waals surface area contributed by atoms with Crippen molar-refractivity contribution >= 4 is 17.9 Å². The molecule has 0 aliphatic heterocycles. The molecule has 0 heterocycles. The lowest BCUT2D eigenvalue weighted by atomic mass is 9.58. The standard InChI is InChI=1S/C27H50O7/c1-7-19(8-2)13-14-22(23(28)29)27(34,25(32)33)26(24(30)31,17-15-20(9-3)10-4)18-16-21(11-5)12-6/h19-22,34H,7-18H2,1-6H3,(H,28,29)(H,30,31)(H,32,33). The predicted octanol–water partition coefficient (Wildman–Crippen LogP) is 6.22. The van der Waals surface area contributed by atoms with E-state index in [9.17, 15) is 34.8 Å². The number of carbonyl (C=O) groups is 3. The molecule has 0 radical (unpaired) electrons. The lowest BCUT2D eigenvalue weighted by molar-refractivity contribution is -0.208. The summed E-state index contributed by atoms with van der Waals surface area (Å²) in [5, 5.41) is 42.7. The van der Waals surface area contributed by atoms with Crippen molar-refractivity contribution in [3.63, 3.8) is 0 Å². The van der Waals surface area contributed by atoms with E-state index in [-0.39, 0.29) is 37.0 Å². The van der Waals surface area contributed by atoms with E-state index in [0.717, 1.165) is 38.5 Å². The van der Waals surface area contributed by atoms with Crippen LogP contribution in [0, 0.1) is 29.1 Å². The first-order valence-corrected chi connectivity index (χ1v) is 13.4. The van der Waals surface area contributed by atoms with Gasteiger partial charge in [-0.15, -0.1) is 0 Å². The summed E-state index contributed by atoms with van der Waals surface area (Å²) < 4.78 is 0. The van der Waals surface area contributed by atoms with E-state index in [1.54, 1.807) is 0 Å². The third-order valence-electron chi connectivity index (χ3n) is 8.55. The Kier molecular flexibility index (Phi) is 14.6. The number of hydrogen-bond acceptors (Lipinski definition) is 4. The van der Waals surface area contributed by atoms with Crippen LogP contribution in [0.1, 0.15) is 119 Å². The summed E-state index contributed by atoms with van der Waals surface area (Å²) in [5.74, 6) is -5.77. The number of aliphatic hydroxyl groups is 1. The Morgan fingerprint density at radius 2 is 0.941 bits per heavy atom. The van der Waals surface area contributed by atoms with E-state index in [1.807, 2.05) is 41.5 Å². The van der Waals surface area contributed by atoms with Gasteiger partial charge in [0.2, 0.25) is 0 Å². The molecule has 34 heavy (non-hydrogen) atoms. The molecule has 0 amide bonds. The van der Waals surface area contributed by atoms with Crippen LogP contribution in [0.4, 0.5) is 0 Å². The van der Waals surface area contributed by atoms with E-state index < -0.39 is 34.8 Å². The number of rotatable bonds is 20. The number of hydrogen-bond donors (Lipinski definition) is 4. The first-order chi connectivity index (χ1) is 15.9. The fourth-order valence-electron chi connectivity index (χ4n) is 5.48. The van der Waals surface area contributed by atoms with Crippen molar-refractivity contribution in [2.75, 3.05) is 0 Å². The molecular weight excluding hydrogens is 436 g/mol. The Balaban J connectivity index is 6.70. The van der Waals surface area contributed by atoms with E-state index in [0.29, 0.717) is 19.3 Å². The first-order valence-electron chi connectivity index (χ1n) is 13.4. The molecule has 0 rings (SSSR count). The minimum absolute atomic E-state index is 0.0631. The van der Waals surface area contributed by atoms with Crippen LogP contribution in [0.15, 0.2) is 0 Å². The summed E-state index contributed by atoms with van der Waals surface area (Å²) in [5.41, 5.74) is -4.99. The fourth-order valence-corrected chi connectivity index (χ4v) is 5.48. The molecule has 7 heteroatoms. The molecule has 0 spiro atoms. The second-order valence-corrected chi connectivity index (χ2v) is 10.1. The van der Waals surface area contributed by atoms with Crippen LogP contribution < -0.4 is 0 Å². The molecule has 0 bridgehead atoms. The zero-order valence-corrected chi connectivity index (χ0v) is 22.3. The highest BCUT2D eigenvalue weighted by Gasteiger charge is 2.65. The smallest absolute Gasteiger partial charge is 0.337 e. The van der Waals surface area contributed by atoms with Gasteiger partial charge in [-0.3, -0.25) is 9.59 Å². The molecule has 0 saturated carbocycles. The van der Waals surface area contributed by atoms with Crippen LogP contribution >= 0.6 is 0 Å². The van der Waals surface area contributed by atoms with Crippen LogP contribution in [-0.4, -0.2) is 43.9 Å². The highest BCUT2D eigenvalue weighted by Crippen LogP contribution is 2.49. The summed E-state index contributed by atoms with van der Waals surface area (Å²) in [6, 6.07) is 0. The third-order valence-corrected chi connectivity index (χ3v) is 8.55. The molecule has 0 aromatic rings. The highest BCUT2D eigenvalue weighted by molar-refractivity contribution is 5.93. The molecule has 0 aliphatic rings. The van der Waals surface area contributed by atoms with Gasteiger partial charge in [-0.2, -0.15) is 0 Å². The number of carboxylic acids is 3. The van der Waals surface area contributed by atoms with E-state index in [2.05, 4.69) is 0 Å². The zero-order valence-electron chi connectivity index (χ0n) is 22.3. The van der Waals surface area contributed by atoms with Crippen LogP contribution in [0.2, 0.25) is 0 Å². The van der Waals surface area contributed by atoms with Crippen molar-refractivity contribution in [3.05, 3.63) is 0 Å². The fraction of sp³-hybridized carbons (Fsp3) is 0.889. The Morgan fingerprint density at radius 1 is 0.588 bits per heavy atom. The van der Waals surface area contributed by atoms with Crippen molar-refractivity contribution in [2.24, 2.45) is 29.1 Å². The zero-order chi connectivity index (χ0) is 26.5. The average molecular weight is 487 g/mol. The normalized spacial score (nSPS) is 15.0. The minimum atomic E-state index is -2.91. The molecule has 4 N–H and O–H groups in total. The summed E-state index contributed by atoms with van der Waals surface area (Å²) in [7, 11) is 0. The molecule has 0 saturated heterocycles. The predicted molar refractivity (Wildman–Crippen MR) is 134 cm³/mol. The quantitative estimate of drug-likeness (QED) is 0.160. The molecule has 0 fully saturated rings. The van der Waals surface area contributed by atoms with Crippen LogP contribution in [0.5, 0.6) is 0 Å². The third kappa shape index (κ3) is 7.69. The maximum Gasteiger partial charge on any atom is 0.337 e. The van der Waals surface area contributed by atoms with Crippen molar-refractivity contribution in [1.82, 2.24) is 0 Å². The first kappa shape index (κ1) is 32.4. The van der Waals surface area contributed by atoms with Crippen molar-refractivity contribution in [3.8, 4) is 0 Å². The van der Waals surface area contributed by atoms with Crippen molar-refractivity contribution in [2.45, 2.75) is 124 Å². The SMILES string of the molecule is CCC(CC)CCC(C(=O)O)C(O)(C(=O)O)C(CCC(CC)CC)(CCC(CC)CC)C(=O)O. The van der Waals surface area contributed by atoms with Gasteiger partial charge in [-0.1, -0.05) is 80.1 Å². The lowest BCUT2D eigenvalue weighted by Gasteiger charge is -2.45. The van der Waals surface area contributed by atoms with Gasteiger partial charge in [0.1, 0.15) is 5.41 Å². The van der Waals surface area contributed by atoms with Crippen LogP contribution in [0.25, 0.3) is 0 Å². The van der Waals surface area contributed by atoms with E-state index in [1.165, 1.54) is 0 Å². The van der Waals surface area contributed by atoms with Gasteiger partial charge in [0.25, 0.3) is 0 Å². The molecule has 0 aromatic carbocycles. The van der Waals surface area contributed by atoms with Crippen LogP contribution in [-0.2, 0) is 14.4 Å². The largest absolute Gasteiger partial charge is 0.481 e. The molecule has 0 aromatic heterocycles. The minimum Gasteiger partial charge on any atom is -0.481 e. The highest BCUT2D eigenvalue weighted by atomic mass is 16.4. The summed E-state index contributed by atoms with van der Waals surface area (Å²) in [6.45, 7) is 12.0. The van der Waals surface area contributed by atoms with Gasteiger partial charge in [0.15, 0.2) is 5.60 Å². The second-order valence-electron chi connectivity index (χ2n) is 10.1. The average Bonchev–Trinajstić information content (AvgIpc) is 2.80. The Morgan fingerprint density at radius 3 is 1.21 bits per heavy atom. The van der Waals surface area contributed by atoms with Gasteiger partial charge in [-0.25, -0.2) is 4.79 Å². The molecule has 2 atom stereocenters. The molecular formula is C27H50O7. The van der Waals surface area contributed by atoms with Gasteiger partial charge < -0.3 is 20.4 Å². The van der Waals surface area contributed by atoms with E-state index >= 15 is 0 Å². The summed E-state index contributed by atoms with van der Waals surface area (Å²) in [6.07, 6.45) is 5.92. The maximum absolute atomic E-state index is 12.9. The van der Waals surface area contributed by atoms with Gasteiger partial charge >= 0.3 is 17.9 Å².